The molecule has 0 spiro atoms. The molecule has 0 aliphatic rings. The van der Waals surface area contributed by atoms with Crippen LogP contribution in [-0.4, -0.2) is 28.5 Å². The second kappa shape index (κ2) is 13.5. The fraction of sp³-hybridized carbons (Fsp3) is 0.345. The highest BCUT2D eigenvalue weighted by molar-refractivity contribution is 7.90. The van der Waals surface area contributed by atoms with Crippen LogP contribution in [-0.2, 0) is 31.4 Å². The van der Waals surface area contributed by atoms with Gasteiger partial charge in [-0.3, -0.25) is 4.79 Å². The maximum absolute atomic E-state index is 12.8. The number of sulfone groups is 1. The van der Waals surface area contributed by atoms with Crippen LogP contribution < -0.4 is 4.72 Å². The lowest BCUT2D eigenvalue weighted by Gasteiger charge is -2.09. The molecule has 0 saturated heterocycles. The highest BCUT2D eigenvalue weighted by Gasteiger charge is 2.17. The lowest BCUT2D eigenvalue weighted by Crippen LogP contribution is -2.32. The van der Waals surface area contributed by atoms with Crippen LogP contribution in [0.25, 0.3) is 11.1 Å². The molecule has 0 fully saturated rings. The van der Waals surface area contributed by atoms with Gasteiger partial charge in [0.15, 0.2) is 9.84 Å². The van der Waals surface area contributed by atoms with E-state index in [1.165, 1.54) is 12.1 Å². The Balaban J connectivity index is 1.51. The molecule has 0 aliphatic heterocycles. The van der Waals surface area contributed by atoms with Crippen molar-refractivity contribution in [2.24, 2.45) is 0 Å². The SMILES string of the molecule is CCCCCCCCS(=O)(=O)NC(=O)c1ccc(CS(=O)(=O)Cc2ccc(-c3ccccc3)cc2)cc1. The Kier molecular flexibility index (Phi) is 10.5. The maximum Gasteiger partial charge on any atom is 0.264 e. The van der Waals surface area contributed by atoms with E-state index in [0.717, 1.165) is 43.2 Å². The Bertz CT molecular complexity index is 1350. The normalized spacial score (nSPS) is 11.8. The van der Waals surface area contributed by atoms with E-state index >= 15 is 0 Å². The molecule has 198 valence electrons. The lowest BCUT2D eigenvalue weighted by molar-refractivity contribution is 0.0981. The van der Waals surface area contributed by atoms with Gasteiger partial charge in [-0.2, -0.15) is 0 Å². The first kappa shape index (κ1) is 28.6. The Morgan fingerprint density at radius 2 is 1.16 bits per heavy atom. The first-order valence-corrected chi connectivity index (χ1v) is 16.1. The van der Waals surface area contributed by atoms with E-state index in [2.05, 4.69) is 11.6 Å². The van der Waals surface area contributed by atoms with Crippen LogP contribution in [0.2, 0.25) is 0 Å². The quantitative estimate of drug-likeness (QED) is 0.257. The summed E-state index contributed by atoms with van der Waals surface area (Å²) in [5, 5.41) is 0. The second-order valence-corrected chi connectivity index (χ2v) is 13.2. The zero-order valence-corrected chi connectivity index (χ0v) is 22.9. The smallest absolute Gasteiger partial charge is 0.264 e. The average molecular weight is 542 g/mol. The van der Waals surface area contributed by atoms with E-state index < -0.39 is 25.8 Å². The van der Waals surface area contributed by atoms with Crippen LogP contribution in [0.1, 0.15) is 66.9 Å². The second-order valence-electron chi connectivity index (χ2n) is 9.31. The van der Waals surface area contributed by atoms with Crippen LogP contribution in [0.4, 0.5) is 0 Å². The summed E-state index contributed by atoms with van der Waals surface area (Å²) < 4.78 is 52.1. The van der Waals surface area contributed by atoms with Crippen molar-refractivity contribution in [1.29, 1.82) is 0 Å². The van der Waals surface area contributed by atoms with E-state index in [1.54, 1.807) is 12.1 Å². The molecule has 0 saturated carbocycles. The fourth-order valence-electron chi connectivity index (χ4n) is 4.06. The number of rotatable bonds is 14. The standard InChI is InChI=1S/C29H35NO5S2/c1-2-3-4-5-6-10-21-37(34,35)30-29(31)28-19-15-25(16-20-28)23-36(32,33)22-24-13-17-27(18-14-24)26-11-8-7-9-12-26/h7-9,11-20H,2-6,10,21-23H2,1H3,(H,30,31). The summed E-state index contributed by atoms with van der Waals surface area (Å²) in [6.07, 6.45) is 5.67. The molecule has 0 aliphatic carbocycles. The summed E-state index contributed by atoms with van der Waals surface area (Å²) in [5.41, 5.74) is 3.49. The van der Waals surface area contributed by atoms with Crippen LogP contribution in [0.15, 0.2) is 78.9 Å². The number of hydrogen-bond donors (Lipinski definition) is 1. The molecule has 8 heteroatoms. The van der Waals surface area contributed by atoms with Gasteiger partial charge in [-0.15, -0.1) is 0 Å². The van der Waals surface area contributed by atoms with Crippen LogP contribution in [0.5, 0.6) is 0 Å². The first-order chi connectivity index (χ1) is 17.7. The van der Waals surface area contributed by atoms with Gasteiger partial charge >= 0.3 is 0 Å². The van der Waals surface area contributed by atoms with Crippen molar-refractivity contribution in [3.63, 3.8) is 0 Å². The molecule has 0 heterocycles. The number of unbranched alkanes of at least 4 members (excludes halogenated alkanes) is 5. The molecule has 0 bridgehead atoms. The van der Waals surface area contributed by atoms with Crippen LogP contribution in [0.3, 0.4) is 0 Å². The van der Waals surface area contributed by atoms with Gasteiger partial charge in [-0.25, -0.2) is 21.6 Å². The van der Waals surface area contributed by atoms with Crippen molar-refractivity contribution in [1.82, 2.24) is 4.72 Å². The van der Waals surface area contributed by atoms with Crippen molar-refractivity contribution < 1.29 is 21.6 Å². The third-order valence-corrected chi connectivity index (χ3v) is 8.93. The highest BCUT2D eigenvalue weighted by atomic mass is 32.2. The van der Waals surface area contributed by atoms with Crippen molar-refractivity contribution in [3.05, 3.63) is 95.6 Å². The molecule has 0 aromatic heterocycles. The van der Waals surface area contributed by atoms with Crippen molar-refractivity contribution >= 4 is 25.8 Å². The maximum atomic E-state index is 12.8. The largest absolute Gasteiger partial charge is 0.268 e. The third-order valence-electron chi connectivity index (χ3n) is 6.07. The summed E-state index contributed by atoms with van der Waals surface area (Å²) in [5.74, 6) is -1.07. The molecule has 3 aromatic rings. The molecule has 37 heavy (non-hydrogen) atoms. The van der Waals surface area contributed by atoms with Gasteiger partial charge < -0.3 is 0 Å². The molecule has 0 unspecified atom stereocenters. The summed E-state index contributed by atoms with van der Waals surface area (Å²) in [6, 6.07) is 23.3. The topological polar surface area (TPSA) is 97.4 Å². The average Bonchev–Trinajstić information content (AvgIpc) is 2.87. The Morgan fingerprint density at radius 3 is 1.76 bits per heavy atom. The third kappa shape index (κ3) is 9.78. The van der Waals surface area contributed by atoms with Gasteiger partial charge in [-0.1, -0.05) is 106 Å². The minimum absolute atomic E-state index is 0.0898. The number of nitrogens with one attached hydrogen (secondary N) is 1. The van der Waals surface area contributed by atoms with E-state index in [-0.39, 0.29) is 22.8 Å². The van der Waals surface area contributed by atoms with E-state index in [1.807, 2.05) is 54.6 Å². The van der Waals surface area contributed by atoms with Crippen molar-refractivity contribution in [2.75, 3.05) is 5.75 Å². The van der Waals surface area contributed by atoms with Gasteiger partial charge in [0.05, 0.1) is 17.3 Å². The number of amides is 1. The predicted octanol–water partition coefficient (Wildman–Crippen LogP) is 5.89. The Morgan fingerprint density at radius 1 is 0.649 bits per heavy atom. The van der Waals surface area contributed by atoms with Gasteiger partial charge in [-0.05, 0) is 40.8 Å². The fourth-order valence-corrected chi connectivity index (χ4v) is 6.65. The summed E-state index contributed by atoms with van der Waals surface area (Å²) in [6.45, 7) is 2.12. The molecule has 3 aromatic carbocycles. The summed E-state index contributed by atoms with van der Waals surface area (Å²) in [7, 11) is -7.15. The molecule has 0 atom stereocenters. The van der Waals surface area contributed by atoms with Crippen LogP contribution >= 0.6 is 0 Å². The van der Waals surface area contributed by atoms with Gasteiger partial charge in [0.25, 0.3) is 5.91 Å². The predicted molar refractivity (Wildman–Crippen MR) is 149 cm³/mol. The molecule has 3 rings (SSSR count). The summed E-state index contributed by atoms with van der Waals surface area (Å²) >= 11 is 0. The van der Waals surface area contributed by atoms with E-state index in [4.69, 9.17) is 0 Å². The zero-order valence-electron chi connectivity index (χ0n) is 21.2. The monoisotopic (exact) mass is 541 g/mol. The molecule has 6 nitrogen and oxygen atoms in total. The van der Waals surface area contributed by atoms with Gasteiger partial charge in [0.2, 0.25) is 10.0 Å². The van der Waals surface area contributed by atoms with Crippen molar-refractivity contribution in [3.8, 4) is 11.1 Å². The minimum Gasteiger partial charge on any atom is -0.268 e. The number of carbonyl (C=O) groups excluding carboxylic acids is 1. The highest BCUT2D eigenvalue weighted by Crippen LogP contribution is 2.21. The first-order valence-electron chi connectivity index (χ1n) is 12.7. The molecule has 0 radical (unpaired) electrons. The van der Waals surface area contributed by atoms with Crippen molar-refractivity contribution in [2.45, 2.75) is 57.0 Å². The van der Waals surface area contributed by atoms with Gasteiger partial charge in [0, 0.05) is 5.56 Å². The summed E-state index contributed by atoms with van der Waals surface area (Å²) in [4.78, 5) is 12.4. The molecular weight excluding hydrogens is 506 g/mol. The Labute approximate surface area is 221 Å². The molecular formula is C29H35NO5S2. The van der Waals surface area contributed by atoms with E-state index in [9.17, 15) is 21.6 Å². The van der Waals surface area contributed by atoms with Gasteiger partial charge in [0.1, 0.15) is 0 Å². The Hall–Kier alpha value is -2.97. The number of benzene rings is 3. The lowest BCUT2D eigenvalue weighted by atomic mass is 10.0. The van der Waals surface area contributed by atoms with E-state index in [0.29, 0.717) is 17.5 Å². The number of hydrogen-bond acceptors (Lipinski definition) is 5. The molecule has 1 amide bonds. The molecule has 1 N–H and O–H groups in total. The minimum atomic E-state index is -3.71. The number of sulfonamides is 1. The van der Waals surface area contributed by atoms with Crippen LogP contribution in [0, 0.1) is 0 Å². The zero-order chi connectivity index (χ0) is 26.7. The number of carbonyl (C=O) groups is 1.